The Bertz CT molecular complexity index is 971. The molecule has 2 unspecified atom stereocenters. The molecule has 2 N–H and O–H groups in total. The molecule has 1 aromatic heterocycles. The fraction of sp³-hybridized carbons (Fsp3) is 0.435. The van der Waals surface area contributed by atoms with E-state index in [9.17, 15) is 0 Å². The quantitative estimate of drug-likeness (QED) is 0.639. The van der Waals surface area contributed by atoms with Crippen LogP contribution in [0.2, 0.25) is 0 Å². The van der Waals surface area contributed by atoms with Crippen LogP contribution < -0.4 is 10.5 Å². The third-order valence-electron chi connectivity index (χ3n) is 5.72. The highest BCUT2D eigenvalue weighted by Gasteiger charge is 2.18. The lowest BCUT2D eigenvalue weighted by molar-refractivity contribution is -0.105. The predicted molar refractivity (Wildman–Crippen MR) is 113 cm³/mol. The number of nitrogen functional groups attached to an aromatic ring is 1. The first-order valence-corrected chi connectivity index (χ1v) is 10.5. The minimum Gasteiger partial charge on any atom is -0.465 e. The Labute approximate surface area is 170 Å². The zero-order chi connectivity index (χ0) is 19.6. The number of ether oxygens (including phenoxy) is 3. The maximum Gasteiger partial charge on any atom is 0.199 e. The molecule has 0 amide bonds. The van der Waals surface area contributed by atoms with Crippen LogP contribution in [-0.2, 0) is 9.47 Å². The van der Waals surface area contributed by atoms with E-state index in [1.165, 1.54) is 6.42 Å². The zero-order valence-electron chi connectivity index (χ0n) is 16.5. The van der Waals surface area contributed by atoms with Crippen LogP contribution >= 0.6 is 0 Å². The first kappa shape index (κ1) is 18.5. The summed E-state index contributed by atoms with van der Waals surface area (Å²) in [7, 11) is 0. The van der Waals surface area contributed by atoms with E-state index in [2.05, 4.69) is 18.2 Å². The number of nitrogens with zero attached hydrogens (tertiary/aromatic N) is 2. The first-order valence-electron chi connectivity index (χ1n) is 10.5. The molecule has 3 heterocycles. The number of anilines is 1. The van der Waals surface area contributed by atoms with Gasteiger partial charge in [0.05, 0.1) is 12.1 Å². The van der Waals surface area contributed by atoms with Gasteiger partial charge in [0.25, 0.3) is 0 Å². The Morgan fingerprint density at radius 1 is 0.931 bits per heavy atom. The molecule has 2 aliphatic heterocycles. The normalized spacial score (nSPS) is 22.6. The van der Waals surface area contributed by atoms with Crippen LogP contribution in [0.15, 0.2) is 42.6 Å². The first-order chi connectivity index (χ1) is 14.3. The molecule has 152 valence electrons. The Morgan fingerprint density at radius 2 is 1.72 bits per heavy atom. The molecule has 3 aromatic rings. The van der Waals surface area contributed by atoms with E-state index in [1.54, 1.807) is 0 Å². The summed E-state index contributed by atoms with van der Waals surface area (Å²) in [6.07, 6.45) is 8.38. The predicted octanol–water partition coefficient (Wildman–Crippen LogP) is 4.89. The van der Waals surface area contributed by atoms with Crippen molar-refractivity contribution in [3.63, 3.8) is 0 Å². The number of benzene rings is 2. The summed E-state index contributed by atoms with van der Waals surface area (Å²) in [5.74, 6) is 0.827. The molecule has 2 fully saturated rings. The van der Waals surface area contributed by atoms with Gasteiger partial charge >= 0.3 is 0 Å². The van der Waals surface area contributed by atoms with E-state index in [0.29, 0.717) is 0 Å². The molecule has 29 heavy (non-hydrogen) atoms. The minimum absolute atomic E-state index is 0.0115. The number of hydrogen-bond donors (Lipinski definition) is 1. The lowest BCUT2D eigenvalue weighted by atomic mass is 10.0. The maximum atomic E-state index is 6.36. The van der Waals surface area contributed by atoms with Crippen LogP contribution in [0.25, 0.3) is 22.0 Å². The smallest absolute Gasteiger partial charge is 0.199 e. The summed E-state index contributed by atoms with van der Waals surface area (Å²) in [6.45, 7) is 1.57. The van der Waals surface area contributed by atoms with Gasteiger partial charge in [0.1, 0.15) is 12.0 Å². The van der Waals surface area contributed by atoms with Gasteiger partial charge < -0.3 is 19.9 Å². The largest absolute Gasteiger partial charge is 0.465 e. The molecular formula is C23H27N3O3. The average Bonchev–Trinajstić information content (AvgIpc) is 3.21. The SMILES string of the molecule is Nc1cc(-c2ccc(OC3CCCCO3)cc2)cc2nn(C3CCCCO3)cc12. The topological polar surface area (TPSA) is 71.5 Å². The van der Waals surface area contributed by atoms with Gasteiger partial charge in [-0.2, -0.15) is 5.10 Å². The van der Waals surface area contributed by atoms with E-state index in [0.717, 1.165) is 78.8 Å². The molecule has 0 saturated carbocycles. The van der Waals surface area contributed by atoms with Gasteiger partial charge in [-0.05, 0) is 67.5 Å². The molecule has 5 rings (SSSR count). The molecule has 2 aliphatic rings. The van der Waals surface area contributed by atoms with E-state index in [-0.39, 0.29) is 12.5 Å². The Balaban J connectivity index is 1.37. The van der Waals surface area contributed by atoms with E-state index in [1.807, 2.05) is 29.1 Å². The van der Waals surface area contributed by atoms with Gasteiger partial charge in [-0.25, -0.2) is 4.68 Å². The molecular weight excluding hydrogens is 366 g/mol. The van der Waals surface area contributed by atoms with Crippen LogP contribution in [0.4, 0.5) is 5.69 Å². The fourth-order valence-corrected chi connectivity index (χ4v) is 4.10. The van der Waals surface area contributed by atoms with Crippen molar-refractivity contribution in [2.24, 2.45) is 0 Å². The van der Waals surface area contributed by atoms with Gasteiger partial charge in [0.2, 0.25) is 0 Å². The fourth-order valence-electron chi connectivity index (χ4n) is 4.10. The Hall–Kier alpha value is -2.57. The van der Waals surface area contributed by atoms with Crippen molar-refractivity contribution in [2.75, 3.05) is 18.9 Å². The van der Waals surface area contributed by atoms with Crippen LogP contribution in [-0.4, -0.2) is 29.3 Å². The highest BCUT2D eigenvalue weighted by Crippen LogP contribution is 2.32. The summed E-state index contributed by atoms with van der Waals surface area (Å²) in [4.78, 5) is 0. The highest BCUT2D eigenvalue weighted by molar-refractivity contribution is 5.94. The summed E-state index contributed by atoms with van der Waals surface area (Å²) in [5.41, 5.74) is 10.1. The second kappa shape index (κ2) is 8.05. The molecule has 0 radical (unpaired) electrons. The molecule has 2 aromatic carbocycles. The standard InChI is InChI=1S/C23H27N3O3/c24-20-13-17(14-21-19(20)15-26(25-21)22-5-1-3-11-27-22)16-7-9-18(10-8-16)29-23-6-2-4-12-28-23/h7-10,13-15,22-23H,1-6,11-12,24H2. The second-order valence-electron chi connectivity index (χ2n) is 7.87. The molecule has 0 bridgehead atoms. The van der Waals surface area contributed by atoms with Crippen molar-refractivity contribution in [3.05, 3.63) is 42.6 Å². The lowest BCUT2D eigenvalue weighted by Gasteiger charge is -2.23. The van der Waals surface area contributed by atoms with Gasteiger partial charge in [0.15, 0.2) is 6.29 Å². The van der Waals surface area contributed by atoms with Crippen molar-refractivity contribution >= 4 is 16.6 Å². The highest BCUT2D eigenvalue weighted by atomic mass is 16.7. The number of nitrogens with two attached hydrogens (primary N) is 1. The van der Waals surface area contributed by atoms with Crippen molar-refractivity contribution in [2.45, 2.75) is 51.0 Å². The van der Waals surface area contributed by atoms with Crippen molar-refractivity contribution < 1.29 is 14.2 Å². The summed E-state index contributed by atoms with van der Waals surface area (Å²) < 4.78 is 19.4. The van der Waals surface area contributed by atoms with E-state index in [4.69, 9.17) is 25.0 Å². The number of fused-ring (bicyclic) bond motifs is 1. The molecule has 0 aliphatic carbocycles. The van der Waals surface area contributed by atoms with Gasteiger partial charge in [0, 0.05) is 30.3 Å². The Kier molecular flexibility index (Phi) is 5.12. The number of hydrogen-bond acceptors (Lipinski definition) is 5. The average molecular weight is 393 g/mol. The minimum atomic E-state index is -0.132. The van der Waals surface area contributed by atoms with Crippen molar-refractivity contribution in [1.29, 1.82) is 0 Å². The second-order valence-corrected chi connectivity index (χ2v) is 7.87. The monoisotopic (exact) mass is 393 g/mol. The van der Waals surface area contributed by atoms with E-state index < -0.39 is 0 Å². The molecule has 6 heteroatoms. The van der Waals surface area contributed by atoms with Gasteiger partial charge in [-0.3, -0.25) is 0 Å². The maximum absolute atomic E-state index is 6.36. The van der Waals surface area contributed by atoms with Crippen molar-refractivity contribution in [1.82, 2.24) is 9.78 Å². The van der Waals surface area contributed by atoms with Crippen LogP contribution in [0.5, 0.6) is 5.75 Å². The summed E-state index contributed by atoms with van der Waals surface area (Å²) >= 11 is 0. The lowest BCUT2D eigenvalue weighted by Crippen LogP contribution is -2.24. The number of rotatable bonds is 4. The zero-order valence-corrected chi connectivity index (χ0v) is 16.5. The molecule has 6 nitrogen and oxygen atoms in total. The summed E-state index contributed by atoms with van der Waals surface area (Å²) in [6, 6.07) is 12.2. The van der Waals surface area contributed by atoms with Gasteiger partial charge in [-0.15, -0.1) is 0 Å². The van der Waals surface area contributed by atoms with Crippen LogP contribution in [0.3, 0.4) is 0 Å². The summed E-state index contributed by atoms with van der Waals surface area (Å²) in [5, 5.41) is 5.72. The van der Waals surface area contributed by atoms with Crippen LogP contribution in [0, 0.1) is 0 Å². The van der Waals surface area contributed by atoms with Gasteiger partial charge in [-0.1, -0.05) is 12.1 Å². The molecule has 2 atom stereocenters. The third-order valence-corrected chi connectivity index (χ3v) is 5.72. The molecule has 0 spiro atoms. The third kappa shape index (κ3) is 3.95. The number of aromatic nitrogens is 2. The molecule has 2 saturated heterocycles. The van der Waals surface area contributed by atoms with Crippen molar-refractivity contribution in [3.8, 4) is 16.9 Å². The van der Waals surface area contributed by atoms with E-state index >= 15 is 0 Å². The van der Waals surface area contributed by atoms with Crippen LogP contribution in [0.1, 0.15) is 44.8 Å². The Morgan fingerprint density at radius 3 is 2.45 bits per heavy atom.